The van der Waals surface area contributed by atoms with Crippen molar-refractivity contribution in [2.24, 2.45) is 0 Å². The van der Waals surface area contributed by atoms with Crippen molar-refractivity contribution in [2.75, 3.05) is 6.61 Å². The Kier molecular flexibility index (Phi) is 6.79. The maximum atomic E-state index is 11.8. The maximum absolute atomic E-state index is 11.8. The van der Waals surface area contributed by atoms with E-state index in [-0.39, 0.29) is 29.4 Å². The van der Waals surface area contributed by atoms with Crippen LogP contribution in [0.3, 0.4) is 0 Å². The van der Waals surface area contributed by atoms with E-state index >= 15 is 0 Å². The summed E-state index contributed by atoms with van der Waals surface area (Å²) in [6.07, 6.45) is 3.11. The fourth-order valence-electron chi connectivity index (χ4n) is 3.05. The SMILES string of the molecule is CCOc1c(OC(C)=O)ccc(/C=C/c2ccc3cccc(OC(C)=O)c3n2)c1[N+](=O)[O-]. The zero-order valence-corrected chi connectivity index (χ0v) is 17.7. The molecule has 0 amide bonds. The Morgan fingerprint density at radius 2 is 1.72 bits per heavy atom. The summed E-state index contributed by atoms with van der Waals surface area (Å²) in [5, 5.41) is 12.6. The van der Waals surface area contributed by atoms with Gasteiger partial charge in [-0.1, -0.05) is 18.2 Å². The van der Waals surface area contributed by atoms with E-state index in [1.54, 1.807) is 37.3 Å². The molecule has 1 heterocycles. The number of hydrogen-bond acceptors (Lipinski definition) is 8. The molecule has 0 fully saturated rings. The van der Waals surface area contributed by atoms with Gasteiger partial charge in [0.25, 0.3) is 0 Å². The lowest BCUT2D eigenvalue weighted by atomic mass is 10.1. The number of rotatable bonds is 7. The van der Waals surface area contributed by atoms with E-state index in [0.717, 1.165) is 5.39 Å². The van der Waals surface area contributed by atoms with Crippen molar-refractivity contribution >= 4 is 40.7 Å². The monoisotopic (exact) mass is 436 g/mol. The Labute approximate surface area is 183 Å². The Hall–Kier alpha value is -4.27. The minimum absolute atomic E-state index is 0.0296. The summed E-state index contributed by atoms with van der Waals surface area (Å²) in [5.74, 6) is -0.920. The van der Waals surface area contributed by atoms with Gasteiger partial charge in [-0.2, -0.15) is 0 Å². The average molecular weight is 436 g/mol. The molecule has 0 spiro atoms. The van der Waals surface area contributed by atoms with Crippen molar-refractivity contribution in [3.63, 3.8) is 0 Å². The van der Waals surface area contributed by atoms with Crippen LogP contribution in [0.5, 0.6) is 17.2 Å². The molecule has 32 heavy (non-hydrogen) atoms. The molecule has 1 aromatic heterocycles. The quantitative estimate of drug-likeness (QED) is 0.229. The van der Waals surface area contributed by atoms with Crippen LogP contribution in [-0.4, -0.2) is 28.5 Å². The predicted molar refractivity (Wildman–Crippen MR) is 118 cm³/mol. The number of esters is 2. The van der Waals surface area contributed by atoms with Crippen molar-refractivity contribution in [2.45, 2.75) is 20.8 Å². The molecule has 0 atom stereocenters. The predicted octanol–water partition coefficient (Wildman–Crippen LogP) is 4.56. The smallest absolute Gasteiger partial charge is 0.322 e. The first-order chi connectivity index (χ1) is 15.3. The summed E-state index contributed by atoms with van der Waals surface area (Å²) in [7, 11) is 0. The number of pyridine rings is 1. The molecule has 0 saturated carbocycles. The Morgan fingerprint density at radius 1 is 1.00 bits per heavy atom. The molecule has 0 N–H and O–H groups in total. The van der Waals surface area contributed by atoms with Crippen LogP contribution in [-0.2, 0) is 9.59 Å². The molecule has 0 bridgehead atoms. The number of fused-ring (bicyclic) bond motifs is 1. The zero-order chi connectivity index (χ0) is 23.3. The standard InChI is InChI=1S/C23H20N2O7/c1-4-30-23-20(32-15(3)27)13-10-17(22(23)25(28)29)9-12-18-11-8-16-6-5-7-19(21(16)24-18)31-14(2)26/h5-13H,4H2,1-3H3/b12-9+. The molecule has 9 heteroatoms. The van der Waals surface area contributed by atoms with Crippen molar-refractivity contribution in [1.82, 2.24) is 4.98 Å². The van der Waals surface area contributed by atoms with Crippen LogP contribution in [0.25, 0.3) is 23.1 Å². The number of aromatic nitrogens is 1. The summed E-state index contributed by atoms with van der Waals surface area (Å²) in [6.45, 7) is 4.32. The molecule has 3 rings (SSSR count). The van der Waals surface area contributed by atoms with Gasteiger partial charge in [0.15, 0.2) is 11.5 Å². The van der Waals surface area contributed by atoms with Crippen LogP contribution in [0, 0.1) is 10.1 Å². The molecule has 2 aromatic carbocycles. The lowest BCUT2D eigenvalue weighted by Crippen LogP contribution is -2.06. The minimum Gasteiger partial charge on any atom is -0.485 e. The summed E-state index contributed by atoms with van der Waals surface area (Å²) in [5.41, 5.74) is 0.890. The number of ether oxygens (including phenoxy) is 3. The van der Waals surface area contributed by atoms with Gasteiger partial charge < -0.3 is 14.2 Å². The highest BCUT2D eigenvalue weighted by Gasteiger charge is 2.25. The molecular weight excluding hydrogens is 416 g/mol. The Bertz CT molecular complexity index is 1230. The molecular formula is C23H20N2O7. The molecule has 0 aliphatic rings. The van der Waals surface area contributed by atoms with E-state index in [1.807, 2.05) is 6.07 Å². The van der Waals surface area contributed by atoms with Gasteiger partial charge in [0.2, 0.25) is 5.75 Å². The van der Waals surface area contributed by atoms with E-state index in [9.17, 15) is 19.7 Å². The van der Waals surface area contributed by atoms with Gasteiger partial charge >= 0.3 is 17.6 Å². The van der Waals surface area contributed by atoms with Crippen LogP contribution < -0.4 is 14.2 Å². The van der Waals surface area contributed by atoms with Crippen molar-refractivity contribution in [3.8, 4) is 17.2 Å². The molecule has 164 valence electrons. The van der Waals surface area contributed by atoms with E-state index in [1.165, 1.54) is 32.1 Å². The maximum Gasteiger partial charge on any atom is 0.322 e. The minimum atomic E-state index is -0.618. The van der Waals surface area contributed by atoms with Gasteiger partial charge in [-0.15, -0.1) is 0 Å². The topological polar surface area (TPSA) is 118 Å². The Morgan fingerprint density at radius 3 is 2.38 bits per heavy atom. The number of carbonyl (C=O) groups excluding carboxylic acids is 2. The first-order valence-corrected chi connectivity index (χ1v) is 9.69. The number of nitro benzene ring substituents is 1. The number of nitro groups is 1. The van der Waals surface area contributed by atoms with Gasteiger partial charge in [-0.05, 0) is 43.3 Å². The third-order valence-corrected chi connectivity index (χ3v) is 4.24. The van der Waals surface area contributed by atoms with Gasteiger partial charge in [-0.3, -0.25) is 19.7 Å². The van der Waals surface area contributed by atoms with Crippen molar-refractivity contribution < 1.29 is 28.7 Å². The van der Waals surface area contributed by atoms with Gasteiger partial charge in [0, 0.05) is 19.2 Å². The highest BCUT2D eigenvalue weighted by molar-refractivity contribution is 5.88. The molecule has 0 unspecified atom stereocenters. The highest BCUT2D eigenvalue weighted by atomic mass is 16.6. The fraction of sp³-hybridized carbons (Fsp3) is 0.174. The second kappa shape index (κ2) is 9.69. The third kappa shape index (κ3) is 5.07. The number of nitrogens with zero attached hydrogens (tertiary/aromatic N) is 2. The molecule has 0 saturated heterocycles. The van der Waals surface area contributed by atoms with Gasteiger partial charge in [0.1, 0.15) is 5.52 Å². The van der Waals surface area contributed by atoms with Crippen LogP contribution in [0.4, 0.5) is 5.69 Å². The number of carbonyl (C=O) groups is 2. The van der Waals surface area contributed by atoms with Gasteiger partial charge in [-0.25, -0.2) is 4.98 Å². The third-order valence-electron chi connectivity index (χ3n) is 4.24. The second-order valence-corrected chi connectivity index (χ2v) is 6.61. The largest absolute Gasteiger partial charge is 0.485 e. The molecule has 0 aliphatic heterocycles. The van der Waals surface area contributed by atoms with E-state index in [0.29, 0.717) is 17.0 Å². The molecule has 0 radical (unpaired) electrons. The van der Waals surface area contributed by atoms with E-state index in [2.05, 4.69) is 4.98 Å². The van der Waals surface area contributed by atoms with E-state index in [4.69, 9.17) is 14.2 Å². The Balaban J connectivity index is 2.06. The first-order valence-electron chi connectivity index (χ1n) is 9.69. The van der Waals surface area contributed by atoms with Crippen LogP contribution in [0.2, 0.25) is 0 Å². The normalized spacial score (nSPS) is 10.8. The summed E-state index contributed by atoms with van der Waals surface area (Å²) >= 11 is 0. The summed E-state index contributed by atoms with van der Waals surface area (Å²) in [6, 6.07) is 11.7. The highest BCUT2D eigenvalue weighted by Crippen LogP contribution is 2.40. The summed E-state index contributed by atoms with van der Waals surface area (Å²) in [4.78, 5) is 38.4. The zero-order valence-electron chi connectivity index (χ0n) is 17.7. The van der Waals surface area contributed by atoms with Crippen LogP contribution in [0.1, 0.15) is 32.0 Å². The number of benzene rings is 2. The average Bonchev–Trinajstić information content (AvgIpc) is 2.73. The van der Waals surface area contributed by atoms with Crippen molar-refractivity contribution in [3.05, 3.63) is 63.8 Å². The van der Waals surface area contributed by atoms with Crippen LogP contribution >= 0.6 is 0 Å². The van der Waals surface area contributed by atoms with Crippen molar-refractivity contribution in [1.29, 1.82) is 0 Å². The lowest BCUT2D eigenvalue weighted by molar-refractivity contribution is -0.386. The number of hydrogen-bond donors (Lipinski definition) is 0. The lowest BCUT2D eigenvalue weighted by Gasteiger charge is -2.11. The molecule has 9 nitrogen and oxygen atoms in total. The molecule has 0 aliphatic carbocycles. The number of para-hydroxylation sites is 1. The fourth-order valence-corrected chi connectivity index (χ4v) is 3.05. The first kappa shape index (κ1) is 22.4. The van der Waals surface area contributed by atoms with Crippen LogP contribution in [0.15, 0.2) is 42.5 Å². The molecule has 3 aromatic rings. The van der Waals surface area contributed by atoms with Gasteiger partial charge in [0.05, 0.1) is 22.8 Å². The van der Waals surface area contributed by atoms with E-state index < -0.39 is 16.9 Å². The summed E-state index contributed by atoms with van der Waals surface area (Å²) < 4.78 is 15.7. The second-order valence-electron chi connectivity index (χ2n) is 6.61.